The Balaban J connectivity index is 1.94. The topological polar surface area (TPSA) is 47.0 Å². The first kappa shape index (κ1) is 13.8. The quantitative estimate of drug-likeness (QED) is 0.880. The van der Waals surface area contributed by atoms with Gasteiger partial charge in [0.25, 0.3) is 0 Å². The number of nitrogens with one attached hydrogen (secondary N) is 1. The van der Waals surface area contributed by atoms with Crippen LogP contribution in [0, 0.1) is 6.92 Å². The highest BCUT2D eigenvalue weighted by Gasteiger charge is 2.07. The zero-order valence-electron chi connectivity index (χ0n) is 11.5. The van der Waals surface area contributed by atoms with Crippen molar-refractivity contribution >= 4 is 17.3 Å². The third-order valence-electron chi connectivity index (χ3n) is 2.60. The minimum atomic E-state index is 0.287. The fourth-order valence-corrected chi connectivity index (χ4v) is 2.83. The molecule has 2 rings (SSSR count). The van der Waals surface area contributed by atoms with Gasteiger partial charge in [0.2, 0.25) is 11.8 Å². The van der Waals surface area contributed by atoms with Crippen molar-refractivity contribution in [2.75, 3.05) is 11.9 Å². The number of aryl methyl sites for hydroxylation is 1. The van der Waals surface area contributed by atoms with Crippen LogP contribution in [0.4, 0.5) is 5.95 Å². The Hall–Kier alpha value is -1.62. The van der Waals surface area contributed by atoms with E-state index in [-0.39, 0.29) is 6.04 Å². The zero-order valence-corrected chi connectivity index (χ0v) is 12.3. The highest BCUT2D eigenvalue weighted by molar-refractivity contribution is 7.11. The molecule has 4 nitrogen and oxygen atoms in total. The molecule has 0 amide bonds. The van der Waals surface area contributed by atoms with Crippen LogP contribution in [0.2, 0.25) is 0 Å². The summed E-state index contributed by atoms with van der Waals surface area (Å²) in [5.41, 5.74) is 0. The number of hydrogen-bond donors (Lipinski definition) is 1. The SMILES string of the molecule is CCOc1ccnc(NC(C)Cc2ccc(C)s2)n1. The van der Waals surface area contributed by atoms with Crippen molar-refractivity contribution in [1.82, 2.24) is 9.97 Å². The van der Waals surface area contributed by atoms with Gasteiger partial charge in [-0.1, -0.05) is 0 Å². The lowest BCUT2D eigenvalue weighted by Crippen LogP contribution is -2.19. The second-order valence-electron chi connectivity index (χ2n) is 4.41. The lowest BCUT2D eigenvalue weighted by atomic mass is 10.2. The van der Waals surface area contributed by atoms with E-state index < -0.39 is 0 Å². The largest absolute Gasteiger partial charge is 0.478 e. The number of anilines is 1. The molecule has 1 N–H and O–H groups in total. The van der Waals surface area contributed by atoms with E-state index in [1.807, 2.05) is 18.3 Å². The van der Waals surface area contributed by atoms with Gasteiger partial charge in [-0.25, -0.2) is 4.98 Å². The Labute approximate surface area is 117 Å². The van der Waals surface area contributed by atoms with Crippen LogP contribution in [0.25, 0.3) is 0 Å². The number of rotatable bonds is 6. The highest BCUT2D eigenvalue weighted by atomic mass is 32.1. The van der Waals surface area contributed by atoms with Crippen molar-refractivity contribution in [2.24, 2.45) is 0 Å². The molecule has 2 aromatic rings. The summed E-state index contributed by atoms with van der Waals surface area (Å²) in [6.07, 6.45) is 2.68. The van der Waals surface area contributed by atoms with E-state index >= 15 is 0 Å². The molecule has 1 unspecified atom stereocenters. The van der Waals surface area contributed by atoms with Gasteiger partial charge in [-0.3, -0.25) is 0 Å². The highest BCUT2D eigenvalue weighted by Crippen LogP contribution is 2.18. The second kappa shape index (κ2) is 6.52. The summed E-state index contributed by atoms with van der Waals surface area (Å²) < 4.78 is 5.36. The summed E-state index contributed by atoms with van der Waals surface area (Å²) in [5, 5.41) is 3.30. The number of ether oxygens (including phenoxy) is 1. The maximum absolute atomic E-state index is 5.36. The molecule has 0 aromatic carbocycles. The van der Waals surface area contributed by atoms with Gasteiger partial charge in [-0.15, -0.1) is 11.3 Å². The Morgan fingerprint density at radius 2 is 2.21 bits per heavy atom. The molecule has 0 saturated heterocycles. The fourth-order valence-electron chi connectivity index (χ4n) is 1.81. The van der Waals surface area contributed by atoms with Crippen LogP contribution >= 0.6 is 11.3 Å². The lowest BCUT2D eigenvalue weighted by Gasteiger charge is -2.13. The Morgan fingerprint density at radius 1 is 1.37 bits per heavy atom. The predicted octanol–water partition coefficient (Wildman–Crippen LogP) is 3.29. The summed E-state index contributed by atoms with van der Waals surface area (Å²) in [7, 11) is 0. The smallest absolute Gasteiger partial charge is 0.226 e. The first-order valence-corrected chi connectivity index (χ1v) is 7.26. The molecule has 2 heterocycles. The Kier molecular flexibility index (Phi) is 4.74. The molecule has 0 aliphatic heterocycles. The van der Waals surface area contributed by atoms with Crippen LogP contribution in [0.15, 0.2) is 24.4 Å². The molecular formula is C14H19N3OS. The minimum absolute atomic E-state index is 0.287. The minimum Gasteiger partial charge on any atom is -0.478 e. The summed E-state index contributed by atoms with van der Waals surface area (Å²) in [6.45, 7) is 6.81. The molecule has 0 spiro atoms. The third-order valence-corrected chi connectivity index (χ3v) is 3.62. The molecule has 0 aliphatic rings. The molecule has 1 atom stereocenters. The zero-order chi connectivity index (χ0) is 13.7. The molecule has 5 heteroatoms. The summed E-state index contributed by atoms with van der Waals surface area (Å²) in [4.78, 5) is 11.2. The van der Waals surface area contributed by atoms with Crippen molar-refractivity contribution in [1.29, 1.82) is 0 Å². The van der Waals surface area contributed by atoms with Crippen molar-refractivity contribution in [2.45, 2.75) is 33.2 Å². The van der Waals surface area contributed by atoms with E-state index in [1.165, 1.54) is 9.75 Å². The Morgan fingerprint density at radius 3 is 2.89 bits per heavy atom. The summed E-state index contributed by atoms with van der Waals surface area (Å²) >= 11 is 1.83. The first-order valence-electron chi connectivity index (χ1n) is 6.45. The molecule has 0 radical (unpaired) electrons. The van der Waals surface area contributed by atoms with Crippen LogP contribution in [0.5, 0.6) is 5.88 Å². The van der Waals surface area contributed by atoms with Gasteiger partial charge in [0.15, 0.2) is 0 Å². The van der Waals surface area contributed by atoms with Crippen LogP contribution in [-0.4, -0.2) is 22.6 Å². The molecule has 0 bridgehead atoms. The number of hydrogen-bond acceptors (Lipinski definition) is 5. The average molecular weight is 277 g/mol. The number of thiophene rings is 1. The van der Waals surface area contributed by atoms with Crippen molar-refractivity contribution < 1.29 is 4.74 Å². The first-order chi connectivity index (χ1) is 9.17. The number of nitrogens with zero attached hydrogens (tertiary/aromatic N) is 2. The van der Waals surface area contributed by atoms with E-state index in [1.54, 1.807) is 12.3 Å². The van der Waals surface area contributed by atoms with Crippen LogP contribution < -0.4 is 10.1 Å². The van der Waals surface area contributed by atoms with Crippen molar-refractivity contribution in [3.63, 3.8) is 0 Å². The van der Waals surface area contributed by atoms with Crippen molar-refractivity contribution in [3.05, 3.63) is 34.2 Å². The van der Waals surface area contributed by atoms with E-state index in [4.69, 9.17) is 4.74 Å². The maximum Gasteiger partial charge on any atom is 0.226 e. The van der Waals surface area contributed by atoms with Crippen LogP contribution in [0.3, 0.4) is 0 Å². The molecule has 0 aliphatic carbocycles. The summed E-state index contributed by atoms with van der Waals surface area (Å²) in [5.74, 6) is 1.23. The van der Waals surface area contributed by atoms with Gasteiger partial charge < -0.3 is 10.1 Å². The van der Waals surface area contributed by atoms with Crippen molar-refractivity contribution in [3.8, 4) is 5.88 Å². The van der Waals surface area contributed by atoms with Crippen LogP contribution in [-0.2, 0) is 6.42 Å². The van der Waals surface area contributed by atoms with Gasteiger partial charge in [0.1, 0.15) is 0 Å². The van der Waals surface area contributed by atoms with Crippen LogP contribution in [0.1, 0.15) is 23.6 Å². The number of aromatic nitrogens is 2. The molecular weight excluding hydrogens is 258 g/mol. The van der Waals surface area contributed by atoms with Gasteiger partial charge in [0, 0.05) is 34.5 Å². The molecule has 2 aromatic heterocycles. The van der Waals surface area contributed by atoms with E-state index in [0.717, 1.165) is 6.42 Å². The van der Waals surface area contributed by atoms with Gasteiger partial charge in [-0.05, 0) is 32.9 Å². The van der Waals surface area contributed by atoms with E-state index in [2.05, 4.69) is 41.3 Å². The molecule has 0 saturated carbocycles. The Bertz CT molecular complexity index is 527. The maximum atomic E-state index is 5.36. The summed E-state index contributed by atoms with van der Waals surface area (Å²) in [6, 6.07) is 6.38. The molecule has 102 valence electrons. The van der Waals surface area contributed by atoms with Gasteiger partial charge in [-0.2, -0.15) is 4.98 Å². The van der Waals surface area contributed by atoms with Gasteiger partial charge in [0.05, 0.1) is 6.61 Å². The van der Waals surface area contributed by atoms with E-state index in [0.29, 0.717) is 18.4 Å². The lowest BCUT2D eigenvalue weighted by molar-refractivity contribution is 0.326. The second-order valence-corrected chi connectivity index (χ2v) is 5.79. The molecule has 0 fully saturated rings. The standard InChI is InChI=1S/C14H19N3OS/c1-4-18-13-7-8-15-14(17-13)16-10(2)9-12-6-5-11(3)19-12/h5-8,10H,4,9H2,1-3H3,(H,15,16,17). The normalized spacial score (nSPS) is 12.2. The molecule has 19 heavy (non-hydrogen) atoms. The average Bonchev–Trinajstić information content (AvgIpc) is 2.75. The third kappa shape index (κ3) is 4.21. The van der Waals surface area contributed by atoms with Gasteiger partial charge >= 0.3 is 0 Å². The van der Waals surface area contributed by atoms with E-state index in [9.17, 15) is 0 Å². The fraction of sp³-hybridized carbons (Fsp3) is 0.429. The monoisotopic (exact) mass is 277 g/mol. The predicted molar refractivity (Wildman–Crippen MR) is 79.0 cm³/mol.